The van der Waals surface area contributed by atoms with Crippen LogP contribution in [0.2, 0.25) is 0 Å². The fraction of sp³-hybridized carbons (Fsp3) is 0.150. The summed E-state index contributed by atoms with van der Waals surface area (Å²) in [7, 11) is 2.08. The molecule has 3 rings (SSSR count). The summed E-state index contributed by atoms with van der Waals surface area (Å²) in [5.74, 6) is 1.13. The maximum absolute atomic E-state index is 4.07. The van der Waals surface area contributed by atoms with Crippen LogP contribution >= 0.6 is 22.6 Å². The lowest BCUT2D eigenvalue weighted by atomic mass is 10.1. The van der Waals surface area contributed by atoms with Crippen LogP contribution in [0.1, 0.15) is 23.7 Å². The van der Waals surface area contributed by atoms with Crippen LogP contribution in [-0.4, -0.2) is 4.57 Å². The van der Waals surface area contributed by atoms with Crippen LogP contribution in [0, 0.1) is 10.5 Å². The van der Waals surface area contributed by atoms with Gasteiger partial charge in [0.2, 0.25) is 0 Å². The fourth-order valence-electron chi connectivity index (χ4n) is 3.09. The van der Waals surface area contributed by atoms with Crippen molar-refractivity contribution in [2.24, 2.45) is 7.05 Å². The first kappa shape index (κ1) is 16.0. The number of benzene rings is 1. The molecule has 0 fully saturated rings. The highest BCUT2D eigenvalue weighted by atomic mass is 127. The topological polar surface area (TPSA) is 8.81 Å². The van der Waals surface area contributed by atoms with Crippen molar-refractivity contribution in [2.45, 2.75) is 13.8 Å². The van der Waals surface area contributed by atoms with Crippen molar-refractivity contribution in [2.75, 3.05) is 0 Å². The maximum atomic E-state index is 4.07. The molecule has 0 atom stereocenters. The fourth-order valence-corrected chi connectivity index (χ4v) is 3.52. The smallest absolute Gasteiger partial charge is 0.237 e. The van der Waals surface area contributed by atoms with Crippen LogP contribution in [0.25, 0.3) is 28.9 Å². The molecule has 0 amide bonds. The molecule has 2 aromatic heterocycles. The number of nitrogens with zero attached hydrogens (tertiary/aromatic N) is 2. The minimum Gasteiger partial charge on any atom is -0.237 e. The molecular formula is C20H20IN2+. The molecule has 0 unspecified atom stereocenters. The highest BCUT2D eigenvalue weighted by Gasteiger charge is 2.24. The lowest BCUT2D eigenvalue weighted by Gasteiger charge is -2.06. The highest BCUT2D eigenvalue weighted by molar-refractivity contribution is 14.1. The number of allylic oxidation sites excluding steroid dienone is 1. The van der Waals surface area contributed by atoms with Crippen molar-refractivity contribution in [3.05, 3.63) is 69.6 Å². The Bertz CT molecular complexity index is 932. The van der Waals surface area contributed by atoms with E-state index in [9.17, 15) is 0 Å². The zero-order valence-electron chi connectivity index (χ0n) is 13.7. The lowest BCUT2D eigenvalue weighted by molar-refractivity contribution is -0.665. The Balaban J connectivity index is 2.56. The van der Waals surface area contributed by atoms with Crippen molar-refractivity contribution in [1.29, 1.82) is 0 Å². The van der Waals surface area contributed by atoms with E-state index in [2.05, 4.69) is 102 Å². The van der Waals surface area contributed by atoms with Gasteiger partial charge in [0.1, 0.15) is 11.2 Å². The summed E-state index contributed by atoms with van der Waals surface area (Å²) in [6, 6.07) is 10.7. The van der Waals surface area contributed by atoms with Gasteiger partial charge in [-0.15, -0.1) is 0 Å². The monoisotopic (exact) mass is 415 g/mol. The highest BCUT2D eigenvalue weighted by Crippen LogP contribution is 2.34. The zero-order valence-corrected chi connectivity index (χ0v) is 15.8. The molecule has 0 saturated heterocycles. The van der Waals surface area contributed by atoms with E-state index in [-0.39, 0.29) is 0 Å². The van der Waals surface area contributed by atoms with Gasteiger partial charge in [-0.25, -0.2) is 4.57 Å². The quantitative estimate of drug-likeness (QED) is 0.419. The molecule has 0 aliphatic rings. The van der Waals surface area contributed by atoms with Crippen molar-refractivity contribution in [3.8, 4) is 5.82 Å². The van der Waals surface area contributed by atoms with Crippen LogP contribution in [0.3, 0.4) is 0 Å². The minimum absolute atomic E-state index is 1.13. The van der Waals surface area contributed by atoms with Crippen LogP contribution in [0.15, 0.2) is 49.2 Å². The van der Waals surface area contributed by atoms with E-state index in [1.54, 1.807) is 0 Å². The average Bonchev–Trinajstić information content (AvgIpc) is 2.86. The average molecular weight is 415 g/mol. The third-order valence-corrected chi connectivity index (χ3v) is 5.35. The lowest BCUT2D eigenvalue weighted by Crippen LogP contribution is -2.33. The predicted octanol–water partition coefficient (Wildman–Crippen LogP) is 5.04. The molecule has 2 nitrogen and oxygen atoms in total. The normalized spacial score (nSPS) is 11.5. The van der Waals surface area contributed by atoms with Gasteiger partial charge < -0.3 is 0 Å². The largest absolute Gasteiger partial charge is 0.286 e. The number of pyridine rings is 1. The number of aromatic nitrogens is 2. The van der Waals surface area contributed by atoms with Crippen molar-refractivity contribution in [1.82, 2.24) is 4.57 Å². The van der Waals surface area contributed by atoms with Crippen LogP contribution in [-0.2, 0) is 7.05 Å². The Kier molecular flexibility index (Phi) is 4.39. The summed E-state index contributed by atoms with van der Waals surface area (Å²) < 4.78 is 5.73. The predicted molar refractivity (Wildman–Crippen MR) is 107 cm³/mol. The van der Waals surface area contributed by atoms with Gasteiger partial charge in [0.15, 0.2) is 0 Å². The molecule has 0 aliphatic carbocycles. The maximum Gasteiger partial charge on any atom is 0.286 e. The van der Waals surface area contributed by atoms with Crippen LogP contribution < -0.4 is 4.57 Å². The summed E-state index contributed by atoms with van der Waals surface area (Å²) in [6.07, 6.45) is 8.29. The van der Waals surface area contributed by atoms with Gasteiger partial charge in [0, 0.05) is 26.1 Å². The van der Waals surface area contributed by atoms with Gasteiger partial charge in [-0.2, -0.15) is 4.57 Å². The van der Waals surface area contributed by atoms with E-state index in [0.29, 0.717) is 0 Å². The summed E-state index contributed by atoms with van der Waals surface area (Å²) in [5, 5.41) is 1.26. The number of aryl methyl sites for hydroxylation is 2. The summed E-state index contributed by atoms with van der Waals surface area (Å²) in [4.78, 5) is 0. The first-order chi connectivity index (χ1) is 11.1. The molecule has 0 bridgehead atoms. The number of fused-ring (bicyclic) bond motifs is 1. The molecule has 116 valence electrons. The Morgan fingerprint density at radius 2 is 2.00 bits per heavy atom. The van der Waals surface area contributed by atoms with E-state index < -0.39 is 0 Å². The van der Waals surface area contributed by atoms with E-state index in [4.69, 9.17) is 0 Å². The molecule has 0 saturated carbocycles. The van der Waals surface area contributed by atoms with E-state index in [1.165, 1.54) is 25.6 Å². The molecular weight excluding hydrogens is 395 g/mol. The second-order valence-corrected chi connectivity index (χ2v) is 6.74. The van der Waals surface area contributed by atoms with Gasteiger partial charge >= 0.3 is 0 Å². The van der Waals surface area contributed by atoms with Gasteiger partial charge in [0.05, 0.1) is 13.2 Å². The molecule has 3 aromatic rings. The van der Waals surface area contributed by atoms with Gasteiger partial charge in [-0.1, -0.05) is 24.8 Å². The third-order valence-electron chi connectivity index (χ3n) is 4.18. The molecule has 3 heteroatoms. The van der Waals surface area contributed by atoms with E-state index >= 15 is 0 Å². The Morgan fingerprint density at radius 3 is 2.65 bits per heavy atom. The minimum atomic E-state index is 1.13. The van der Waals surface area contributed by atoms with Gasteiger partial charge in [-0.3, -0.25) is 0 Å². The van der Waals surface area contributed by atoms with Gasteiger partial charge in [-0.05, 0) is 60.7 Å². The Hall–Kier alpha value is -1.88. The standard InChI is InChI=1S/C20H20IN2/c1-5-9-15-16-11-12-17(21)14(3)20(16)23(18(15)6-2)19-10-7-8-13-22(19)4/h5-13H,2H2,1,3-4H3/q+1/b9-5-. The summed E-state index contributed by atoms with van der Waals surface area (Å²) >= 11 is 2.41. The zero-order chi connectivity index (χ0) is 16.6. The number of halogens is 1. The molecule has 0 radical (unpaired) electrons. The molecule has 0 spiro atoms. The Morgan fingerprint density at radius 1 is 1.22 bits per heavy atom. The first-order valence-electron chi connectivity index (χ1n) is 7.63. The summed E-state index contributed by atoms with van der Waals surface area (Å²) in [5.41, 5.74) is 4.90. The van der Waals surface area contributed by atoms with Crippen LogP contribution in [0.4, 0.5) is 0 Å². The van der Waals surface area contributed by atoms with Crippen molar-refractivity contribution in [3.63, 3.8) is 0 Å². The molecule has 2 heterocycles. The third kappa shape index (κ3) is 2.53. The van der Waals surface area contributed by atoms with Crippen LogP contribution in [0.5, 0.6) is 0 Å². The molecule has 0 N–H and O–H groups in total. The number of hydrogen-bond donors (Lipinski definition) is 0. The van der Waals surface area contributed by atoms with Crippen molar-refractivity contribution < 1.29 is 4.57 Å². The van der Waals surface area contributed by atoms with E-state index in [1.807, 2.05) is 12.1 Å². The second-order valence-electron chi connectivity index (χ2n) is 5.58. The molecule has 23 heavy (non-hydrogen) atoms. The number of hydrogen-bond acceptors (Lipinski definition) is 0. The molecule has 0 aliphatic heterocycles. The number of rotatable bonds is 3. The SMILES string of the molecule is C=Cc1c(/C=C\C)c2ccc(I)c(C)c2n1-c1cccc[n+]1C. The Labute approximate surface area is 150 Å². The molecule has 1 aromatic carbocycles. The first-order valence-corrected chi connectivity index (χ1v) is 8.71. The summed E-state index contributed by atoms with van der Waals surface area (Å²) in [6.45, 7) is 8.32. The van der Waals surface area contributed by atoms with E-state index in [0.717, 1.165) is 11.5 Å². The van der Waals surface area contributed by atoms with Gasteiger partial charge in [0.25, 0.3) is 5.82 Å². The van der Waals surface area contributed by atoms with Crippen molar-refractivity contribution >= 4 is 45.6 Å². The second kappa shape index (κ2) is 6.32.